The van der Waals surface area contributed by atoms with Crippen LogP contribution in [0, 0.1) is 47.4 Å². The highest BCUT2D eigenvalue weighted by Crippen LogP contribution is 2.30. The predicted octanol–water partition coefficient (Wildman–Crippen LogP) is 6.36. The molecule has 0 aliphatic carbocycles. The molecule has 0 amide bonds. The number of hydrogen-bond acceptors (Lipinski definition) is 8. The number of H-pyrrole nitrogens is 4. The molecule has 16 heteroatoms. The van der Waals surface area contributed by atoms with Gasteiger partial charge in [-0.15, -0.1) is 0 Å². The number of nitro groups is 4. The smallest absolute Gasteiger partial charge is 0.299 e. The molecule has 8 aromatic rings. The van der Waals surface area contributed by atoms with Gasteiger partial charge < -0.3 is 19.9 Å². The number of aromatic amines is 4. The van der Waals surface area contributed by atoms with Gasteiger partial charge in [-0.25, -0.2) is 0 Å². The summed E-state index contributed by atoms with van der Waals surface area (Å²) in [5.74, 6) is 0. The van der Waals surface area contributed by atoms with Crippen LogP contribution in [0.3, 0.4) is 0 Å². The van der Waals surface area contributed by atoms with Crippen molar-refractivity contribution in [1.29, 1.82) is 0 Å². The second-order valence-corrected chi connectivity index (χ2v) is 8.91. The van der Waals surface area contributed by atoms with Crippen LogP contribution in [0.25, 0.3) is 44.1 Å². The van der Waals surface area contributed by atoms with Crippen molar-refractivity contribution in [3.05, 3.63) is 113 Å². The molecule has 0 spiro atoms. The Hall–Kier alpha value is -6.32. The second-order valence-electron chi connectivity index (χ2n) is 8.91. The number of nitrogens with one attached hydrogen (secondary N) is 4. The Labute approximate surface area is 226 Å². The average Bonchev–Trinajstić information content (AvgIpc) is 2.90. The lowest BCUT2D eigenvalue weighted by atomic mass is 10.2. The van der Waals surface area contributed by atoms with E-state index < -0.39 is 42.4 Å². The van der Waals surface area contributed by atoms with Gasteiger partial charge in [-0.1, -0.05) is 0 Å². The Morgan fingerprint density at radius 2 is 0.780 bits per heavy atom. The molecular weight excluding hydrogens is 540 g/mol. The normalized spacial score (nSPS) is 10.9. The molecule has 0 saturated carbocycles. The highest BCUT2D eigenvalue weighted by atomic mass is 16.6. The lowest BCUT2D eigenvalue weighted by Gasteiger charge is -2.03. The molecule has 206 valence electrons. The third-order valence-electron chi connectivity index (χ3n) is 6.23. The van der Waals surface area contributed by atoms with Crippen LogP contribution in [-0.4, -0.2) is 39.6 Å². The minimum atomic E-state index is -0.739. The molecule has 4 heterocycles. The van der Waals surface area contributed by atoms with Gasteiger partial charge >= 0.3 is 0 Å². The highest BCUT2D eigenvalue weighted by Gasteiger charge is 2.22. The standard InChI is InChI=1S/C25H18N8O8/c1-13-8-16-6-7-17(13)29-21-10-19(23(31(36)37)12-25(21)33(40)41)27-15-4-2-14(3-5-15)26-18-9-20(28-16)24(32(38)39)11-22(18)30(34)35/h2-12,26-29H,1H3. The van der Waals surface area contributed by atoms with Gasteiger partial charge in [0.25, 0.3) is 22.7 Å². The minimum absolute atomic E-state index is 0.0121. The molecule has 4 N–H and O–H groups in total. The van der Waals surface area contributed by atoms with Crippen LogP contribution < -0.4 is 0 Å². The number of aryl methyl sites for hydroxylation is 1. The lowest BCUT2D eigenvalue weighted by Crippen LogP contribution is -1.96. The first kappa shape index (κ1) is 26.3. The van der Waals surface area contributed by atoms with Crippen molar-refractivity contribution in [1.82, 2.24) is 19.9 Å². The van der Waals surface area contributed by atoms with Gasteiger partial charge in [-0.2, -0.15) is 0 Å². The van der Waals surface area contributed by atoms with Crippen LogP contribution in [0.1, 0.15) is 5.56 Å². The van der Waals surface area contributed by atoms with E-state index in [1.807, 2.05) is 0 Å². The number of aromatic nitrogens is 4. The Morgan fingerprint density at radius 3 is 1.15 bits per heavy atom. The Kier molecular flexibility index (Phi) is 6.48. The molecule has 0 saturated heterocycles. The molecule has 0 unspecified atom stereocenters. The maximum Gasteiger partial charge on any atom is 0.299 e. The Bertz CT molecular complexity index is 2080. The third kappa shape index (κ3) is 5.19. The number of nitro benzene ring substituents is 4. The molecule has 0 atom stereocenters. The molecule has 16 nitrogen and oxygen atoms in total. The summed E-state index contributed by atoms with van der Waals surface area (Å²) in [6.07, 6.45) is 0. The topological polar surface area (TPSA) is 236 Å². The lowest BCUT2D eigenvalue weighted by molar-refractivity contribution is -0.392. The van der Waals surface area contributed by atoms with Gasteiger partial charge in [0.2, 0.25) is 0 Å². The van der Waals surface area contributed by atoms with Crippen LogP contribution in [-0.2, 0) is 0 Å². The first-order valence-electron chi connectivity index (χ1n) is 11.7. The van der Waals surface area contributed by atoms with E-state index in [1.165, 1.54) is 36.4 Å². The van der Waals surface area contributed by atoms with Crippen molar-refractivity contribution in [2.75, 3.05) is 0 Å². The maximum absolute atomic E-state index is 11.8. The fourth-order valence-electron chi connectivity index (χ4n) is 4.29. The maximum atomic E-state index is 11.8. The van der Waals surface area contributed by atoms with Gasteiger partial charge in [-0.05, 0) is 67.1 Å². The fraction of sp³-hybridized carbons (Fsp3) is 0.0400. The number of benzene rings is 4. The quantitative estimate of drug-likeness (QED) is 0.142. The van der Waals surface area contributed by atoms with E-state index in [0.717, 1.165) is 12.1 Å². The fourth-order valence-corrected chi connectivity index (χ4v) is 4.29. The zero-order valence-electron chi connectivity index (χ0n) is 20.9. The van der Waals surface area contributed by atoms with Crippen LogP contribution in [0.4, 0.5) is 22.7 Å². The minimum Gasteiger partial charge on any atom is -0.350 e. The summed E-state index contributed by atoms with van der Waals surface area (Å²) in [4.78, 5) is 55.8. The van der Waals surface area contributed by atoms with Crippen molar-refractivity contribution in [2.45, 2.75) is 6.92 Å². The molecule has 8 bridgehead atoms. The van der Waals surface area contributed by atoms with E-state index in [4.69, 9.17) is 0 Å². The average molecular weight is 558 g/mol. The summed E-state index contributed by atoms with van der Waals surface area (Å²) in [5, 5.41) is 47.1. The molecular formula is C25H18N8O8. The van der Waals surface area contributed by atoms with Crippen LogP contribution in [0.2, 0.25) is 0 Å². The molecule has 8 rings (SSSR count). The molecule has 0 fully saturated rings. The summed E-state index contributed by atoms with van der Waals surface area (Å²) in [7, 11) is 0. The van der Waals surface area contributed by atoms with Crippen molar-refractivity contribution in [3.8, 4) is 0 Å². The van der Waals surface area contributed by atoms with Crippen LogP contribution in [0.5, 0.6) is 0 Å². The van der Waals surface area contributed by atoms with Crippen molar-refractivity contribution in [3.63, 3.8) is 0 Å². The number of non-ortho nitro benzene ring substituents is 4. The Morgan fingerprint density at radius 1 is 0.439 bits per heavy atom. The molecule has 41 heavy (non-hydrogen) atoms. The largest absolute Gasteiger partial charge is 0.350 e. The summed E-state index contributed by atoms with van der Waals surface area (Å²) < 4.78 is 0. The summed E-state index contributed by atoms with van der Waals surface area (Å²) in [5.41, 5.74) is -0.0273. The van der Waals surface area contributed by atoms with Gasteiger partial charge in [0.05, 0.1) is 31.8 Å². The predicted molar refractivity (Wildman–Crippen MR) is 149 cm³/mol. The molecule has 4 aromatic carbocycles. The van der Waals surface area contributed by atoms with E-state index >= 15 is 0 Å². The van der Waals surface area contributed by atoms with Crippen LogP contribution in [0.15, 0.2) is 66.7 Å². The molecule has 4 aromatic heterocycles. The SMILES string of the molecule is Cc1cc2ccc1[nH]c1cc([nH]c3ccc(cc3)[nH]c3cc([nH]2)c([N+](=O)[O-])cc3[N+](=O)[O-])c([N+](=O)[O-])cc1[N+](=O)[O-]. The first-order valence-corrected chi connectivity index (χ1v) is 11.7. The second kappa shape index (κ2) is 10.1. The van der Waals surface area contributed by atoms with Gasteiger partial charge in [-0.3, -0.25) is 40.5 Å². The van der Waals surface area contributed by atoms with Crippen LogP contribution >= 0.6 is 0 Å². The number of nitrogens with zero attached hydrogens (tertiary/aromatic N) is 4. The zero-order chi connectivity index (χ0) is 29.4. The van der Waals surface area contributed by atoms with E-state index in [9.17, 15) is 40.5 Å². The monoisotopic (exact) mass is 558 g/mol. The summed E-state index contributed by atoms with van der Waals surface area (Å²) in [6.45, 7) is 1.68. The molecule has 0 radical (unpaired) electrons. The van der Waals surface area contributed by atoms with Gasteiger partial charge in [0.15, 0.2) is 0 Å². The van der Waals surface area contributed by atoms with Crippen molar-refractivity contribution < 1.29 is 19.7 Å². The number of hydrogen-bond donors (Lipinski definition) is 4. The van der Waals surface area contributed by atoms with Gasteiger partial charge in [0.1, 0.15) is 22.1 Å². The Balaban J connectivity index is 2.00. The van der Waals surface area contributed by atoms with E-state index in [0.29, 0.717) is 27.6 Å². The summed E-state index contributed by atoms with van der Waals surface area (Å²) >= 11 is 0. The summed E-state index contributed by atoms with van der Waals surface area (Å²) in [6, 6.07) is 15.1. The zero-order valence-corrected chi connectivity index (χ0v) is 20.9. The van der Waals surface area contributed by atoms with E-state index in [1.54, 1.807) is 25.1 Å². The number of rotatable bonds is 4. The van der Waals surface area contributed by atoms with Crippen molar-refractivity contribution >= 4 is 66.9 Å². The third-order valence-corrected chi connectivity index (χ3v) is 6.23. The highest BCUT2D eigenvalue weighted by molar-refractivity contribution is 5.84. The van der Waals surface area contributed by atoms with Crippen molar-refractivity contribution in [2.24, 2.45) is 0 Å². The first-order chi connectivity index (χ1) is 19.5. The van der Waals surface area contributed by atoms with E-state index in [2.05, 4.69) is 19.9 Å². The molecule has 0 aliphatic rings. The van der Waals surface area contributed by atoms with Gasteiger partial charge in [0, 0.05) is 22.1 Å². The van der Waals surface area contributed by atoms with E-state index in [-0.39, 0.29) is 22.1 Å². The molecule has 0 aliphatic heterocycles.